The van der Waals surface area contributed by atoms with E-state index >= 15 is 0 Å². The summed E-state index contributed by atoms with van der Waals surface area (Å²) in [5.74, 6) is 0.253. The van der Waals surface area contributed by atoms with Gasteiger partial charge >= 0.3 is 0 Å². The number of pyridine rings is 1. The fraction of sp³-hybridized carbons (Fsp3) is 0.423. The number of carbonyl (C=O) groups excluding carboxylic acids is 2. The van der Waals surface area contributed by atoms with E-state index in [1.165, 1.54) is 4.90 Å². The van der Waals surface area contributed by atoms with Gasteiger partial charge in [0.15, 0.2) is 0 Å². The summed E-state index contributed by atoms with van der Waals surface area (Å²) in [7, 11) is 4.06. The molecule has 0 N–H and O–H groups in total. The largest absolute Gasteiger partial charge is 0.494 e. The zero-order valence-corrected chi connectivity index (χ0v) is 19.7. The van der Waals surface area contributed by atoms with Crippen LogP contribution in [0.15, 0.2) is 54.5 Å². The zero-order chi connectivity index (χ0) is 23.4. The number of aromatic nitrogens is 1. The molecule has 0 unspecified atom stereocenters. The molecule has 2 aromatic rings. The minimum Gasteiger partial charge on any atom is -0.494 e. The Labute approximate surface area is 195 Å². The van der Waals surface area contributed by atoms with Gasteiger partial charge in [-0.25, -0.2) is 0 Å². The molecule has 0 atom stereocenters. The number of ether oxygens (including phenoxy) is 1. The number of likely N-dealkylation sites (N-methyl/N-ethyl adjacent to an activating group) is 1. The summed E-state index contributed by atoms with van der Waals surface area (Å²) in [6.07, 6.45) is 6.21. The molecule has 0 saturated carbocycles. The number of rotatable bonds is 8. The normalized spacial score (nSPS) is 17.7. The third-order valence-corrected chi connectivity index (χ3v) is 6.41. The van der Waals surface area contributed by atoms with Crippen molar-refractivity contribution in [1.82, 2.24) is 19.7 Å². The molecule has 2 amide bonds. The second-order valence-electron chi connectivity index (χ2n) is 8.80. The summed E-state index contributed by atoms with van der Waals surface area (Å²) in [6.45, 7) is 4.86. The lowest BCUT2D eigenvalue weighted by molar-refractivity contribution is -0.138. The van der Waals surface area contributed by atoms with Gasteiger partial charge in [0.2, 0.25) is 0 Å². The maximum Gasteiger partial charge on any atom is 0.278 e. The van der Waals surface area contributed by atoms with Crippen LogP contribution in [-0.2, 0) is 16.1 Å². The van der Waals surface area contributed by atoms with Gasteiger partial charge in [0.25, 0.3) is 11.8 Å². The van der Waals surface area contributed by atoms with Crippen LogP contribution in [0.1, 0.15) is 37.3 Å². The highest BCUT2D eigenvalue weighted by Crippen LogP contribution is 2.35. The van der Waals surface area contributed by atoms with Crippen LogP contribution in [0.5, 0.6) is 5.75 Å². The minimum atomic E-state index is -0.263. The lowest BCUT2D eigenvalue weighted by Gasteiger charge is -2.36. The van der Waals surface area contributed by atoms with Gasteiger partial charge in [-0.3, -0.25) is 19.5 Å². The fourth-order valence-electron chi connectivity index (χ4n) is 4.47. The first-order valence-corrected chi connectivity index (χ1v) is 11.6. The van der Waals surface area contributed by atoms with Crippen molar-refractivity contribution >= 4 is 17.4 Å². The zero-order valence-electron chi connectivity index (χ0n) is 19.7. The Morgan fingerprint density at radius 1 is 1.09 bits per heavy atom. The van der Waals surface area contributed by atoms with Crippen LogP contribution in [-0.4, -0.2) is 71.3 Å². The van der Waals surface area contributed by atoms with E-state index in [1.54, 1.807) is 12.4 Å². The highest BCUT2D eigenvalue weighted by Gasteiger charge is 2.42. The molecular formula is C26H32N4O3. The number of carbonyl (C=O) groups is 2. The number of imide groups is 1. The van der Waals surface area contributed by atoms with Crippen LogP contribution in [0.25, 0.3) is 5.57 Å². The number of hydrogen-bond donors (Lipinski definition) is 0. The molecule has 3 heterocycles. The SMILES string of the molecule is CCCOc1ccc(C2=C(N(C)C3CCN(C)CC3)C(=O)N(Cc3cccnc3)C2=O)cc1. The van der Waals surface area contributed by atoms with E-state index in [-0.39, 0.29) is 24.4 Å². The molecule has 174 valence electrons. The summed E-state index contributed by atoms with van der Waals surface area (Å²) in [4.78, 5) is 37.0. The van der Waals surface area contributed by atoms with Crippen molar-refractivity contribution in [3.8, 4) is 5.75 Å². The van der Waals surface area contributed by atoms with Gasteiger partial charge in [-0.15, -0.1) is 0 Å². The Balaban J connectivity index is 1.68. The molecule has 4 rings (SSSR count). The van der Waals surface area contributed by atoms with Gasteiger partial charge in [-0.2, -0.15) is 0 Å². The molecule has 0 radical (unpaired) electrons. The Morgan fingerprint density at radius 3 is 2.45 bits per heavy atom. The Bertz CT molecular complexity index is 1010. The Hall–Kier alpha value is -3.19. The van der Waals surface area contributed by atoms with Crippen molar-refractivity contribution in [2.45, 2.75) is 38.8 Å². The first-order valence-electron chi connectivity index (χ1n) is 11.6. The van der Waals surface area contributed by atoms with Gasteiger partial charge < -0.3 is 14.5 Å². The number of likely N-dealkylation sites (tertiary alicyclic amines) is 1. The summed E-state index contributed by atoms with van der Waals surface area (Å²) in [5.41, 5.74) is 2.51. The Morgan fingerprint density at radius 2 is 1.82 bits per heavy atom. The number of benzene rings is 1. The summed E-state index contributed by atoms with van der Waals surface area (Å²) < 4.78 is 5.70. The second kappa shape index (κ2) is 10.2. The standard InChI is InChI=1S/C26H32N4O3/c1-4-16-33-22-9-7-20(8-10-22)23-24(29(3)21-11-14-28(2)15-12-21)26(32)30(25(23)31)18-19-6-5-13-27-17-19/h5-10,13,17,21H,4,11-12,14-16,18H2,1-3H3. The third-order valence-electron chi connectivity index (χ3n) is 6.41. The molecule has 0 aliphatic carbocycles. The summed E-state index contributed by atoms with van der Waals surface area (Å²) in [5, 5.41) is 0. The van der Waals surface area contributed by atoms with Crippen molar-refractivity contribution < 1.29 is 14.3 Å². The van der Waals surface area contributed by atoms with Crippen LogP contribution in [0.2, 0.25) is 0 Å². The molecule has 1 saturated heterocycles. The molecule has 33 heavy (non-hydrogen) atoms. The van der Waals surface area contributed by atoms with Crippen LogP contribution in [0, 0.1) is 0 Å². The fourth-order valence-corrected chi connectivity index (χ4v) is 4.47. The van der Waals surface area contributed by atoms with E-state index in [9.17, 15) is 9.59 Å². The van der Waals surface area contributed by atoms with E-state index < -0.39 is 0 Å². The van der Waals surface area contributed by atoms with Gasteiger partial charge in [-0.1, -0.05) is 25.1 Å². The van der Waals surface area contributed by atoms with Crippen molar-refractivity contribution in [3.05, 3.63) is 65.6 Å². The highest BCUT2D eigenvalue weighted by atomic mass is 16.5. The number of amides is 2. The molecule has 0 bridgehead atoms. The monoisotopic (exact) mass is 448 g/mol. The highest BCUT2D eigenvalue weighted by molar-refractivity contribution is 6.35. The molecule has 1 fully saturated rings. The Kier molecular flexibility index (Phi) is 7.08. The maximum absolute atomic E-state index is 13.6. The number of hydrogen-bond acceptors (Lipinski definition) is 6. The van der Waals surface area contributed by atoms with Gasteiger partial charge in [-0.05, 0) is 68.7 Å². The van der Waals surface area contributed by atoms with Gasteiger partial charge in [0.1, 0.15) is 11.4 Å². The molecule has 1 aromatic carbocycles. The van der Waals surface area contributed by atoms with E-state index in [0.29, 0.717) is 17.9 Å². The van der Waals surface area contributed by atoms with E-state index in [4.69, 9.17) is 4.74 Å². The van der Waals surface area contributed by atoms with Crippen molar-refractivity contribution in [3.63, 3.8) is 0 Å². The lowest BCUT2D eigenvalue weighted by atomic mass is 10.00. The summed E-state index contributed by atoms with van der Waals surface area (Å²) in [6, 6.07) is 11.4. The first-order chi connectivity index (χ1) is 16.0. The van der Waals surface area contributed by atoms with Gasteiger partial charge in [0, 0.05) is 25.5 Å². The van der Waals surface area contributed by atoms with Crippen molar-refractivity contribution in [2.75, 3.05) is 33.8 Å². The smallest absolute Gasteiger partial charge is 0.278 e. The van der Waals surface area contributed by atoms with Crippen molar-refractivity contribution in [2.24, 2.45) is 0 Å². The molecule has 2 aliphatic heterocycles. The molecule has 7 nitrogen and oxygen atoms in total. The quantitative estimate of drug-likeness (QED) is 0.578. The van der Waals surface area contributed by atoms with Crippen LogP contribution in [0.3, 0.4) is 0 Å². The van der Waals surface area contributed by atoms with E-state index in [1.807, 2.05) is 48.3 Å². The van der Waals surface area contributed by atoms with Gasteiger partial charge in [0.05, 0.1) is 18.7 Å². The predicted molar refractivity (Wildman–Crippen MR) is 127 cm³/mol. The van der Waals surface area contributed by atoms with Crippen LogP contribution in [0.4, 0.5) is 0 Å². The predicted octanol–water partition coefficient (Wildman–Crippen LogP) is 3.18. The molecule has 7 heteroatoms. The average molecular weight is 449 g/mol. The average Bonchev–Trinajstić information content (AvgIpc) is 3.08. The topological polar surface area (TPSA) is 66.0 Å². The molecular weight excluding hydrogens is 416 g/mol. The molecule has 2 aliphatic rings. The lowest BCUT2D eigenvalue weighted by Crippen LogP contribution is -2.43. The third kappa shape index (κ3) is 4.93. The molecule has 0 spiro atoms. The second-order valence-corrected chi connectivity index (χ2v) is 8.80. The van der Waals surface area contributed by atoms with Crippen molar-refractivity contribution in [1.29, 1.82) is 0 Å². The number of piperidine rings is 1. The first kappa shape index (κ1) is 23.0. The van der Waals surface area contributed by atoms with E-state index in [0.717, 1.165) is 49.2 Å². The maximum atomic E-state index is 13.6. The summed E-state index contributed by atoms with van der Waals surface area (Å²) >= 11 is 0. The van der Waals surface area contributed by atoms with Crippen LogP contribution >= 0.6 is 0 Å². The van der Waals surface area contributed by atoms with E-state index in [2.05, 4.69) is 23.9 Å². The minimum absolute atomic E-state index is 0.206. The molecule has 1 aromatic heterocycles. The van der Waals surface area contributed by atoms with Crippen LogP contribution < -0.4 is 4.74 Å². The number of nitrogens with zero attached hydrogens (tertiary/aromatic N) is 4.